The zero-order chi connectivity index (χ0) is 20.4. The third kappa shape index (κ3) is 4.67. The van der Waals surface area contributed by atoms with E-state index in [1.165, 1.54) is 18.5 Å². The smallest absolute Gasteiger partial charge is 0.252 e. The molecule has 3 heterocycles. The molecule has 4 atom stereocenters. The molecule has 2 aromatic rings. The monoisotopic (exact) mass is 434 g/mol. The number of nitrogens with zero attached hydrogens (tertiary/aromatic N) is 2. The van der Waals surface area contributed by atoms with Crippen molar-refractivity contribution in [2.24, 2.45) is 5.92 Å². The summed E-state index contributed by atoms with van der Waals surface area (Å²) in [7, 11) is 0. The highest BCUT2D eigenvalue weighted by Gasteiger charge is 2.41. The summed E-state index contributed by atoms with van der Waals surface area (Å²) in [5.74, 6) is -0.271. The normalized spacial score (nSPS) is 25.9. The van der Waals surface area contributed by atoms with Gasteiger partial charge in [-0.3, -0.25) is 15.0 Å². The van der Waals surface area contributed by atoms with Crippen LogP contribution in [0.2, 0.25) is 10.3 Å². The van der Waals surface area contributed by atoms with Gasteiger partial charge in [0.1, 0.15) is 10.3 Å². The van der Waals surface area contributed by atoms with Crippen LogP contribution in [0.25, 0.3) is 0 Å². The van der Waals surface area contributed by atoms with E-state index in [2.05, 4.69) is 31.5 Å². The van der Waals surface area contributed by atoms with Crippen LogP contribution in [0.1, 0.15) is 40.0 Å². The first-order valence-electron chi connectivity index (χ1n) is 9.35. The summed E-state index contributed by atoms with van der Waals surface area (Å²) in [6.45, 7) is 0. The summed E-state index contributed by atoms with van der Waals surface area (Å²) in [6.07, 6.45) is 5.22. The zero-order valence-corrected chi connectivity index (χ0v) is 16.9. The Morgan fingerprint density at radius 2 is 1.55 bits per heavy atom. The average molecular weight is 435 g/mol. The Morgan fingerprint density at radius 3 is 2.17 bits per heavy atom. The largest absolute Gasteiger partial charge is 0.349 e. The van der Waals surface area contributed by atoms with Gasteiger partial charge in [-0.1, -0.05) is 23.2 Å². The molecular formula is C19H20Cl2N6O2. The molecule has 2 fully saturated rings. The van der Waals surface area contributed by atoms with E-state index in [-0.39, 0.29) is 46.3 Å². The second kappa shape index (κ2) is 8.62. The van der Waals surface area contributed by atoms with Crippen molar-refractivity contribution in [2.45, 2.75) is 37.5 Å². The molecule has 4 rings (SSSR count). The molecule has 0 bridgehead atoms. The van der Waals surface area contributed by atoms with Crippen LogP contribution in [0.3, 0.4) is 0 Å². The number of hydrogen-bond donors (Lipinski definition) is 4. The van der Waals surface area contributed by atoms with Crippen LogP contribution in [0.15, 0.2) is 36.7 Å². The fourth-order valence-corrected chi connectivity index (χ4v) is 4.26. The Labute approximate surface area is 177 Å². The highest BCUT2D eigenvalue weighted by Crippen LogP contribution is 2.30. The summed E-state index contributed by atoms with van der Waals surface area (Å²) in [4.78, 5) is 32.9. The highest BCUT2D eigenvalue weighted by molar-refractivity contribution is 6.30. The van der Waals surface area contributed by atoms with Gasteiger partial charge in [-0.25, -0.2) is 15.4 Å². The number of hydrogen-bond acceptors (Lipinski definition) is 6. The summed E-state index contributed by atoms with van der Waals surface area (Å²) >= 11 is 11.7. The van der Waals surface area contributed by atoms with Crippen molar-refractivity contribution in [3.05, 3.63) is 58.1 Å². The topological polar surface area (TPSA) is 108 Å². The van der Waals surface area contributed by atoms with E-state index in [1.807, 2.05) is 0 Å². The predicted molar refractivity (Wildman–Crippen MR) is 108 cm³/mol. The van der Waals surface area contributed by atoms with Gasteiger partial charge in [0.05, 0.1) is 6.17 Å². The van der Waals surface area contributed by atoms with E-state index in [9.17, 15) is 9.59 Å². The van der Waals surface area contributed by atoms with Crippen molar-refractivity contribution in [3.8, 4) is 0 Å². The fraction of sp³-hybridized carbons (Fsp3) is 0.368. The minimum absolute atomic E-state index is 0.00663. The standard InChI is InChI=1S/C19H20Cl2N6O2/c20-15-7-10(3-5-22-15)18(28)24-12-1-2-14-13(9-12)17(27-26-14)25-19(29)11-4-6-23-16(21)8-11/h3-8,12-14,17,26-27H,1-2,9H2,(H,24,28)(H,25,29). The molecule has 152 valence electrons. The molecular weight excluding hydrogens is 415 g/mol. The lowest BCUT2D eigenvalue weighted by molar-refractivity contribution is 0.0881. The molecule has 0 spiro atoms. The van der Waals surface area contributed by atoms with Crippen LogP contribution in [0, 0.1) is 5.92 Å². The van der Waals surface area contributed by atoms with Crippen molar-refractivity contribution >= 4 is 35.0 Å². The lowest BCUT2D eigenvalue weighted by Crippen LogP contribution is -2.49. The maximum absolute atomic E-state index is 12.6. The van der Waals surface area contributed by atoms with Crippen molar-refractivity contribution < 1.29 is 9.59 Å². The van der Waals surface area contributed by atoms with Gasteiger partial charge in [-0.15, -0.1) is 0 Å². The maximum atomic E-state index is 12.6. The second-order valence-corrected chi connectivity index (χ2v) is 8.00. The molecule has 8 nitrogen and oxygen atoms in total. The molecule has 1 saturated heterocycles. The first-order valence-corrected chi connectivity index (χ1v) is 10.1. The van der Waals surface area contributed by atoms with Gasteiger partial charge in [0.2, 0.25) is 0 Å². The third-order valence-electron chi connectivity index (χ3n) is 5.35. The van der Waals surface area contributed by atoms with Gasteiger partial charge in [-0.05, 0) is 43.5 Å². The predicted octanol–water partition coefficient (Wildman–Crippen LogP) is 1.91. The van der Waals surface area contributed by atoms with Crippen LogP contribution in [-0.4, -0.2) is 40.0 Å². The maximum Gasteiger partial charge on any atom is 0.252 e. The Kier molecular flexibility index (Phi) is 5.96. The summed E-state index contributed by atoms with van der Waals surface area (Å²) in [6, 6.07) is 6.56. The Bertz CT molecular complexity index is 927. The average Bonchev–Trinajstić information content (AvgIpc) is 3.10. The molecule has 10 heteroatoms. The molecule has 1 aliphatic carbocycles. The fourth-order valence-electron chi connectivity index (χ4n) is 3.91. The molecule has 1 aliphatic heterocycles. The number of nitrogens with one attached hydrogen (secondary N) is 4. The summed E-state index contributed by atoms with van der Waals surface area (Å²) < 4.78 is 0. The molecule has 2 amide bonds. The van der Waals surface area contributed by atoms with Gasteiger partial charge in [-0.2, -0.15) is 0 Å². The quantitative estimate of drug-likeness (QED) is 0.547. The van der Waals surface area contributed by atoms with E-state index in [0.717, 1.165) is 19.3 Å². The molecule has 4 unspecified atom stereocenters. The number of rotatable bonds is 4. The Balaban J connectivity index is 1.38. The van der Waals surface area contributed by atoms with Crippen LogP contribution >= 0.6 is 23.2 Å². The van der Waals surface area contributed by atoms with Gasteiger partial charge < -0.3 is 10.6 Å². The molecule has 1 saturated carbocycles. The summed E-state index contributed by atoms with van der Waals surface area (Å²) in [5.41, 5.74) is 7.34. The lowest BCUT2D eigenvalue weighted by Gasteiger charge is -2.33. The minimum atomic E-state index is -0.255. The number of fused-ring (bicyclic) bond motifs is 1. The number of halogens is 2. The molecule has 2 aliphatic rings. The van der Waals surface area contributed by atoms with Crippen molar-refractivity contribution in [1.82, 2.24) is 31.5 Å². The number of aromatic nitrogens is 2. The molecule has 0 aromatic carbocycles. The number of carbonyl (C=O) groups is 2. The van der Waals surface area contributed by atoms with E-state index in [4.69, 9.17) is 23.2 Å². The first kappa shape index (κ1) is 20.0. The Morgan fingerprint density at radius 1 is 0.931 bits per heavy atom. The number of pyridine rings is 2. The molecule has 2 aromatic heterocycles. The highest BCUT2D eigenvalue weighted by atomic mass is 35.5. The van der Waals surface area contributed by atoms with Crippen LogP contribution in [-0.2, 0) is 0 Å². The van der Waals surface area contributed by atoms with Crippen molar-refractivity contribution in [1.29, 1.82) is 0 Å². The van der Waals surface area contributed by atoms with E-state index < -0.39 is 0 Å². The lowest BCUT2D eigenvalue weighted by atomic mass is 9.81. The summed E-state index contributed by atoms with van der Waals surface area (Å²) in [5, 5.41) is 6.62. The SMILES string of the molecule is O=C(NC1CCC2NNC(NC(=O)c3ccnc(Cl)c3)C2C1)c1ccnc(Cl)c1. The van der Waals surface area contributed by atoms with E-state index in [1.54, 1.807) is 18.2 Å². The third-order valence-corrected chi connectivity index (χ3v) is 5.76. The van der Waals surface area contributed by atoms with Crippen LogP contribution in [0.4, 0.5) is 0 Å². The number of hydrazine groups is 1. The number of carbonyl (C=O) groups excluding carboxylic acids is 2. The van der Waals surface area contributed by atoms with Crippen molar-refractivity contribution in [3.63, 3.8) is 0 Å². The first-order chi connectivity index (χ1) is 14.0. The van der Waals surface area contributed by atoms with Crippen LogP contribution in [0.5, 0.6) is 0 Å². The minimum Gasteiger partial charge on any atom is -0.349 e. The molecule has 29 heavy (non-hydrogen) atoms. The van der Waals surface area contributed by atoms with Gasteiger partial charge in [0, 0.05) is 41.5 Å². The van der Waals surface area contributed by atoms with Gasteiger partial charge in [0.25, 0.3) is 11.8 Å². The zero-order valence-electron chi connectivity index (χ0n) is 15.4. The van der Waals surface area contributed by atoms with E-state index in [0.29, 0.717) is 11.1 Å². The second-order valence-electron chi connectivity index (χ2n) is 7.23. The molecule has 4 N–H and O–H groups in total. The Hall–Kier alpha value is -2.26. The van der Waals surface area contributed by atoms with Gasteiger partial charge in [0.15, 0.2) is 0 Å². The van der Waals surface area contributed by atoms with E-state index >= 15 is 0 Å². The van der Waals surface area contributed by atoms with Crippen molar-refractivity contribution in [2.75, 3.05) is 0 Å². The molecule has 0 radical (unpaired) electrons. The van der Waals surface area contributed by atoms with Crippen LogP contribution < -0.4 is 21.5 Å². The number of amides is 2. The van der Waals surface area contributed by atoms with Gasteiger partial charge >= 0.3 is 0 Å².